The van der Waals surface area contributed by atoms with Crippen molar-refractivity contribution in [1.82, 2.24) is 4.98 Å². The molecule has 0 atom stereocenters. The van der Waals surface area contributed by atoms with Gasteiger partial charge in [-0.15, -0.1) is 0 Å². The van der Waals surface area contributed by atoms with Crippen LogP contribution in [0.25, 0.3) is 0 Å². The minimum Gasteiger partial charge on any atom is -0.292 e. The zero-order chi connectivity index (χ0) is 16.5. The number of nitrogens with zero attached hydrogens (tertiary/aromatic N) is 1. The molecule has 120 valence electrons. The highest BCUT2D eigenvalue weighted by molar-refractivity contribution is 5.95. The van der Waals surface area contributed by atoms with Gasteiger partial charge in [0, 0.05) is 18.0 Å². The summed E-state index contributed by atoms with van der Waals surface area (Å²) < 4.78 is 38.0. The number of carbonyl (C=O) groups is 1. The maximum absolute atomic E-state index is 12.7. The Kier molecular flexibility index (Phi) is 3.96. The Morgan fingerprint density at radius 1 is 1.09 bits per heavy atom. The summed E-state index contributed by atoms with van der Waals surface area (Å²) in [5.74, 6) is -0.0646. The molecule has 2 nitrogen and oxygen atoms in total. The summed E-state index contributed by atoms with van der Waals surface area (Å²) in [6.07, 6.45) is 0.133. The van der Waals surface area contributed by atoms with E-state index in [1.54, 1.807) is 24.4 Å². The predicted molar refractivity (Wildman–Crippen MR) is 80.2 cm³/mol. The van der Waals surface area contributed by atoms with Crippen molar-refractivity contribution in [3.63, 3.8) is 0 Å². The van der Waals surface area contributed by atoms with Crippen LogP contribution in [0.5, 0.6) is 0 Å². The maximum Gasteiger partial charge on any atom is 0.416 e. The summed E-state index contributed by atoms with van der Waals surface area (Å²) >= 11 is 0. The van der Waals surface area contributed by atoms with Crippen LogP contribution >= 0.6 is 0 Å². The Balaban J connectivity index is 1.82. The van der Waals surface area contributed by atoms with Gasteiger partial charge in [0.1, 0.15) is 5.69 Å². The first-order valence-electron chi connectivity index (χ1n) is 7.53. The van der Waals surface area contributed by atoms with E-state index in [1.807, 2.05) is 0 Å². The van der Waals surface area contributed by atoms with Crippen molar-refractivity contribution in [2.45, 2.75) is 37.3 Å². The normalized spacial score (nSPS) is 16.7. The van der Waals surface area contributed by atoms with Gasteiger partial charge in [0.25, 0.3) is 0 Å². The average Bonchev–Trinajstić information content (AvgIpc) is 2.51. The van der Waals surface area contributed by atoms with E-state index in [9.17, 15) is 18.0 Å². The van der Waals surface area contributed by atoms with Crippen molar-refractivity contribution in [3.05, 3.63) is 65.5 Å². The Morgan fingerprint density at radius 2 is 1.78 bits per heavy atom. The molecule has 0 spiro atoms. The highest BCUT2D eigenvalue weighted by Crippen LogP contribution is 2.47. The number of Topliss-reactive ketones (excluding diaryl/α,β-unsaturated/α-hetero) is 1. The van der Waals surface area contributed by atoms with Crippen molar-refractivity contribution < 1.29 is 18.0 Å². The molecule has 3 rings (SSSR count). The number of benzene rings is 1. The molecule has 23 heavy (non-hydrogen) atoms. The minimum atomic E-state index is -4.34. The maximum atomic E-state index is 12.7. The lowest BCUT2D eigenvalue weighted by molar-refractivity contribution is -0.137. The molecule has 1 heterocycles. The van der Waals surface area contributed by atoms with E-state index in [4.69, 9.17) is 0 Å². The van der Waals surface area contributed by atoms with Crippen LogP contribution in [0.1, 0.15) is 47.3 Å². The van der Waals surface area contributed by atoms with E-state index in [0.717, 1.165) is 37.0 Å². The summed E-state index contributed by atoms with van der Waals surface area (Å²) in [5.41, 5.74) is 0.206. The molecule has 2 aromatic rings. The molecule has 0 radical (unpaired) electrons. The highest BCUT2D eigenvalue weighted by atomic mass is 19.4. The van der Waals surface area contributed by atoms with Gasteiger partial charge in [-0.25, -0.2) is 0 Å². The minimum absolute atomic E-state index is 0.0646. The third kappa shape index (κ3) is 3.14. The van der Waals surface area contributed by atoms with E-state index < -0.39 is 11.7 Å². The molecular formula is C18H16F3NO. The lowest BCUT2D eigenvalue weighted by Crippen LogP contribution is -2.36. The second kappa shape index (κ2) is 5.80. The van der Waals surface area contributed by atoms with Gasteiger partial charge in [0.15, 0.2) is 5.78 Å². The quantitative estimate of drug-likeness (QED) is 0.758. The molecule has 1 aliphatic carbocycles. The molecule has 0 unspecified atom stereocenters. The molecule has 0 N–H and O–H groups in total. The first kappa shape index (κ1) is 15.7. The summed E-state index contributed by atoms with van der Waals surface area (Å²) in [7, 11) is 0. The van der Waals surface area contributed by atoms with Crippen LogP contribution in [0.3, 0.4) is 0 Å². The second-order valence-corrected chi connectivity index (χ2v) is 6.02. The summed E-state index contributed by atoms with van der Waals surface area (Å²) in [6.45, 7) is 0. The molecule has 5 heteroatoms. The molecular weight excluding hydrogens is 303 g/mol. The first-order chi connectivity index (χ1) is 10.9. The standard InChI is InChI=1S/C18H16F3NO/c19-18(20,21)14-7-5-13(6-8-14)17(9-3-10-17)12-16(23)15-4-1-2-11-22-15/h1-2,4-8,11H,3,9-10,12H2. The van der Waals surface area contributed by atoms with Crippen LogP contribution in [0.2, 0.25) is 0 Å². The number of carbonyl (C=O) groups excluding carboxylic acids is 1. The van der Waals surface area contributed by atoms with Crippen LogP contribution in [-0.2, 0) is 11.6 Å². The van der Waals surface area contributed by atoms with E-state index >= 15 is 0 Å². The number of rotatable bonds is 4. The lowest BCUT2D eigenvalue weighted by atomic mass is 9.61. The van der Waals surface area contributed by atoms with Gasteiger partial charge in [0.05, 0.1) is 5.56 Å². The van der Waals surface area contributed by atoms with Crippen LogP contribution in [0.15, 0.2) is 48.7 Å². The number of alkyl halides is 3. The van der Waals surface area contributed by atoms with E-state index in [2.05, 4.69) is 4.98 Å². The molecule has 1 aromatic carbocycles. The number of hydrogen-bond donors (Lipinski definition) is 0. The zero-order valence-electron chi connectivity index (χ0n) is 12.4. The number of ketones is 1. The smallest absolute Gasteiger partial charge is 0.292 e. The lowest BCUT2D eigenvalue weighted by Gasteiger charge is -2.42. The van der Waals surface area contributed by atoms with Gasteiger partial charge >= 0.3 is 6.18 Å². The SMILES string of the molecule is O=C(CC1(c2ccc(C(F)(F)F)cc2)CCC1)c1ccccn1. The zero-order valence-corrected chi connectivity index (χ0v) is 12.4. The summed E-state index contributed by atoms with van der Waals surface area (Å²) in [5, 5.41) is 0. The van der Waals surface area contributed by atoms with Gasteiger partial charge in [-0.05, 0) is 42.7 Å². The average molecular weight is 319 g/mol. The van der Waals surface area contributed by atoms with Crippen LogP contribution in [-0.4, -0.2) is 10.8 Å². The fourth-order valence-corrected chi connectivity index (χ4v) is 3.11. The van der Waals surface area contributed by atoms with E-state index in [0.29, 0.717) is 5.69 Å². The van der Waals surface area contributed by atoms with Gasteiger partial charge in [0.2, 0.25) is 0 Å². The predicted octanol–water partition coefficient (Wildman–Crippen LogP) is 4.80. The van der Waals surface area contributed by atoms with Crippen LogP contribution in [0.4, 0.5) is 13.2 Å². The largest absolute Gasteiger partial charge is 0.416 e. The van der Waals surface area contributed by atoms with E-state index in [1.165, 1.54) is 12.1 Å². The van der Waals surface area contributed by atoms with E-state index in [-0.39, 0.29) is 17.6 Å². The number of aromatic nitrogens is 1. The van der Waals surface area contributed by atoms with Crippen molar-refractivity contribution in [1.29, 1.82) is 0 Å². The van der Waals surface area contributed by atoms with Crippen molar-refractivity contribution in [2.24, 2.45) is 0 Å². The Labute approximate surface area is 132 Å². The van der Waals surface area contributed by atoms with Crippen molar-refractivity contribution >= 4 is 5.78 Å². The molecule has 1 aliphatic rings. The number of halogens is 3. The molecule has 1 saturated carbocycles. The fourth-order valence-electron chi connectivity index (χ4n) is 3.11. The monoisotopic (exact) mass is 319 g/mol. The van der Waals surface area contributed by atoms with Crippen LogP contribution in [0, 0.1) is 0 Å². The van der Waals surface area contributed by atoms with Crippen molar-refractivity contribution in [2.75, 3.05) is 0 Å². The first-order valence-corrected chi connectivity index (χ1v) is 7.53. The molecule has 0 amide bonds. The van der Waals surface area contributed by atoms with Gasteiger partial charge in [-0.2, -0.15) is 13.2 Å². The van der Waals surface area contributed by atoms with Gasteiger partial charge in [-0.3, -0.25) is 9.78 Å². The number of pyridine rings is 1. The molecule has 1 aromatic heterocycles. The summed E-state index contributed by atoms with van der Waals surface area (Å²) in [4.78, 5) is 16.5. The van der Waals surface area contributed by atoms with Crippen molar-refractivity contribution in [3.8, 4) is 0 Å². The Bertz CT molecular complexity index is 688. The number of hydrogen-bond acceptors (Lipinski definition) is 2. The topological polar surface area (TPSA) is 30.0 Å². The third-order valence-corrected chi connectivity index (χ3v) is 4.58. The second-order valence-electron chi connectivity index (χ2n) is 6.02. The van der Waals surface area contributed by atoms with Gasteiger partial charge in [-0.1, -0.05) is 24.6 Å². The Morgan fingerprint density at radius 3 is 2.26 bits per heavy atom. The highest BCUT2D eigenvalue weighted by Gasteiger charge is 2.41. The van der Waals surface area contributed by atoms with Crippen LogP contribution < -0.4 is 0 Å². The molecule has 0 bridgehead atoms. The summed E-state index contributed by atoms with van der Waals surface area (Å²) in [6, 6.07) is 10.4. The molecule has 0 saturated heterocycles. The molecule has 0 aliphatic heterocycles. The Hall–Kier alpha value is -2.17. The fraction of sp³-hybridized carbons (Fsp3) is 0.333. The molecule has 1 fully saturated rings. The third-order valence-electron chi connectivity index (χ3n) is 4.58. The van der Waals surface area contributed by atoms with Gasteiger partial charge < -0.3 is 0 Å².